The van der Waals surface area contributed by atoms with E-state index in [4.69, 9.17) is 9.84 Å². The lowest BCUT2D eigenvalue weighted by Gasteiger charge is -2.22. The molecule has 0 bridgehead atoms. The first-order chi connectivity index (χ1) is 7.31. The van der Waals surface area contributed by atoms with Crippen LogP contribution in [0.3, 0.4) is 0 Å². The standard InChI is InChI=1S/C11H16N2O2/c1-3-6-13(7-8-14)10-4-5-12-11(9-10)15-2/h3-5,9,14H,1,6-8H2,2H3. The molecule has 15 heavy (non-hydrogen) atoms. The molecule has 82 valence electrons. The molecule has 0 atom stereocenters. The van der Waals surface area contributed by atoms with Crippen molar-refractivity contribution in [1.82, 2.24) is 4.98 Å². The van der Waals surface area contributed by atoms with Gasteiger partial charge in [-0.2, -0.15) is 0 Å². The van der Waals surface area contributed by atoms with Crippen molar-refractivity contribution in [3.05, 3.63) is 31.0 Å². The summed E-state index contributed by atoms with van der Waals surface area (Å²) in [5, 5.41) is 8.93. The molecule has 0 saturated heterocycles. The summed E-state index contributed by atoms with van der Waals surface area (Å²) in [7, 11) is 1.58. The van der Waals surface area contributed by atoms with E-state index in [9.17, 15) is 0 Å². The second-order valence-electron chi connectivity index (χ2n) is 3.01. The number of aliphatic hydroxyl groups is 1. The molecule has 0 unspecified atom stereocenters. The Bertz CT molecular complexity index is 315. The number of aromatic nitrogens is 1. The average molecular weight is 208 g/mol. The maximum absolute atomic E-state index is 8.93. The van der Waals surface area contributed by atoms with E-state index >= 15 is 0 Å². The van der Waals surface area contributed by atoms with Crippen molar-refractivity contribution in [2.24, 2.45) is 0 Å². The maximum Gasteiger partial charge on any atom is 0.214 e. The van der Waals surface area contributed by atoms with Crippen LogP contribution in [0.15, 0.2) is 31.0 Å². The van der Waals surface area contributed by atoms with Crippen molar-refractivity contribution in [3.8, 4) is 5.88 Å². The Balaban J connectivity index is 2.83. The Kier molecular flexibility index (Phi) is 4.63. The largest absolute Gasteiger partial charge is 0.481 e. The SMILES string of the molecule is C=CCN(CCO)c1ccnc(OC)c1. The first kappa shape index (κ1) is 11.5. The highest BCUT2D eigenvalue weighted by Gasteiger charge is 2.05. The molecule has 0 fully saturated rings. The zero-order chi connectivity index (χ0) is 11.1. The van der Waals surface area contributed by atoms with Crippen molar-refractivity contribution in [2.75, 3.05) is 31.7 Å². The fourth-order valence-corrected chi connectivity index (χ4v) is 1.31. The molecule has 0 aliphatic rings. The third-order valence-electron chi connectivity index (χ3n) is 2.01. The number of methoxy groups -OCH3 is 1. The highest BCUT2D eigenvalue weighted by Crippen LogP contribution is 2.17. The summed E-state index contributed by atoms with van der Waals surface area (Å²) >= 11 is 0. The molecule has 0 spiro atoms. The monoisotopic (exact) mass is 208 g/mol. The summed E-state index contributed by atoms with van der Waals surface area (Å²) in [4.78, 5) is 6.02. The Morgan fingerprint density at radius 2 is 2.47 bits per heavy atom. The van der Waals surface area contributed by atoms with E-state index in [0.717, 1.165) is 5.69 Å². The van der Waals surface area contributed by atoms with Crippen molar-refractivity contribution in [1.29, 1.82) is 0 Å². The first-order valence-electron chi connectivity index (χ1n) is 4.78. The normalized spacial score (nSPS) is 9.73. The predicted octanol–water partition coefficient (Wildman–Crippen LogP) is 1.07. The molecule has 4 nitrogen and oxygen atoms in total. The third-order valence-corrected chi connectivity index (χ3v) is 2.01. The average Bonchev–Trinajstić information content (AvgIpc) is 2.29. The molecule has 1 heterocycles. The van der Waals surface area contributed by atoms with E-state index in [2.05, 4.69) is 11.6 Å². The second-order valence-corrected chi connectivity index (χ2v) is 3.01. The van der Waals surface area contributed by atoms with Crippen LogP contribution in [0.2, 0.25) is 0 Å². The van der Waals surface area contributed by atoms with Gasteiger partial charge < -0.3 is 14.7 Å². The van der Waals surface area contributed by atoms with E-state index < -0.39 is 0 Å². The number of rotatable bonds is 6. The molecule has 1 rings (SSSR count). The summed E-state index contributed by atoms with van der Waals surface area (Å²) in [6, 6.07) is 3.71. The summed E-state index contributed by atoms with van der Waals surface area (Å²) < 4.78 is 5.04. The van der Waals surface area contributed by atoms with Gasteiger partial charge in [0.2, 0.25) is 5.88 Å². The van der Waals surface area contributed by atoms with Gasteiger partial charge in [0.1, 0.15) is 0 Å². The molecule has 0 amide bonds. The minimum atomic E-state index is 0.110. The van der Waals surface area contributed by atoms with Gasteiger partial charge >= 0.3 is 0 Å². The molecule has 0 radical (unpaired) electrons. The lowest BCUT2D eigenvalue weighted by molar-refractivity contribution is 0.303. The lowest BCUT2D eigenvalue weighted by Crippen LogP contribution is -2.26. The highest BCUT2D eigenvalue weighted by atomic mass is 16.5. The number of hydrogen-bond donors (Lipinski definition) is 1. The molecule has 0 aliphatic heterocycles. The number of nitrogens with zero attached hydrogens (tertiary/aromatic N) is 2. The maximum atomic E-state index is 8.93. The molecule has 0 saturated carbocycles. The summed E-state index contributed by atoms with van der Waals surface area (Å²) in [5.41, 5.74) is 0.968. The van der Waals surface area contributed by atoms with Crippen molar-refractivity contribution < 1.29 is 9.84 Å². The van der Waals surface area contributed by atoms with Gasteiger partial charge in [0, 0.05) is 31.0 Å². The van der Waals surface area contributed by atoms with E-state index in [1.165, 1.54) is 0 Å². The Hall–Kier alpha value is -1.55. The van der Waals surface area contributed by atoms with Crippen LogP contribution in [0.5, 0.6) is 5.88 Å². The van der Waals surface area contributed by atoms with Gasteiger partial charge in [0.25, 0.3) is 0 Å². The van der Waals surface area contributed by atoms with Crippen molar-refractivity contribution in [3.63, 3.8) is 0 Å². The summed E-state index contributed by atoms with van der Waals surface area (Å²) in [6.07, 6.45) is 3.48. The van der Waals surface area contributed by atoms with Crippen molar-refractivity contribution in [2.45, 2.75) is 0 Å². The van der Waals surface area contributed by atoms with Gasteiger partial charge in [0.05, 0.1) is 13.7 Å². The van der Waals surface area contributed by atoms with Gasteiger partial charge in [-0.15, -0.1) is 6.58 Å². The first-order valence-corrected chi connectivity index (χ1v) is 4.78. The van der Waals surface area contributed by atoms with Gasteiger partial charge in [-0.25, -0.2) is 4.98 Å². The molecule has 0 aromatic carbocycles. The Morgan fingerprint density at radius 3 is 3.07 bits per heavy atom. The van der Waals surface area contributed by atoms with Gasteiger partial charge in [-0.3, -0.25) is 0 Å². The second kappa shape index (κ2) is 6.03. The molecular weight excluding hydrogens is 192 g/mol. The summed E-state index contributed by atoms with van der Waals surface area (Å²) in [5.74, 6) is 0.569. The van der Waals surface area contributed by atoms with Crippen LogP contribution in [0.1, 0.15) is 0 Å². The van der Waals surface area contributed by atoms with E-state index in [0.29, 0.717) is 19.0 Å². The van der Waals surface area contributed by atoms with Crippen LogP contribution in [0.4, 0.5) is 5.69 Å². The number of aliphatic hydroxyl groups excluding tert-OH is 1. The quantitative estimate of drug-likeness (QED) is 0.710. The van der Waals surface area contributed by atoms with Gasteiger partial charge in [0.15, 0.2) is 0 Å². The van der Waals surface area contributed by atoms with Crippen LogP contribution in [0.25, 0.3) is 0 Å². The minimum Gasteiger partial charge on any atom is -0.481 e. The van der Waals surface area contributed by atoms with Crippen LogP contribution < -0.4 is 9.64 Å². The fraction of sp³-hybridized carbons (Fsp3) is 0.364. The smallest absolute Gasteiger partial charge is 0.214 e. The van der Waals surface area contributed by atoms with Crippen LogP contribution in [-0.2, 0) is 0 Å². The fourth-order valence-electron chi connectivity index (χ4n) is 1.31. The minimum absolute atomic E-state index is 0.110. The Labute approximate surface area is 89.8 Å². The zero-order valence-corrected chi connectivity index (χ0v) is 8.89. The number of ether oxygens (including phenoxy) is 1. The molecular formula is C11H16N2O2. The lowest BCUT2D eigenvalue weighted by atomic mass is 10.3. The molecule has 0 aliphatic carbocycles. The van der Waals surface area contributed by atoms with Crippen molar-refractivity contribution >= 4 is 5.69 Å². The van der Waals surface area contributed by atoms with Gasteiger partial charge in [-0.05, 0) is 6.07 Å². The number of hydrogen-bond acceptors (Lipinski definition) is 4. The third kappa shape index (κ3) is 3.25. The predicted molar refractivity (Wildman–Crippen MR) is 60.3 cm³/mol. The number of anilines is 1. The van der Waals surface area contributed by atoms with E-state index in [-0.39, 0.29) is 6.61 Å². The van der Waals surface area contributed by atoms with Crippen LogP contribution >= 0.6 is 0 Å². The molecule has 1 aromatic rings. The summed E-state index contributed by atoms with van der Waals surface area (Å²) in [6.45, 7) is 5.05. The Morgan fingerprint density at radius 1 is 1.67 bits per heavy atom. The zero-order valence-electron chi connectivity index (χ0n) is 8.89. The van der Waals surface area contributed by atoms with E-state index in [1.807, 2.05) is 17.0 Å². The molecule has 4 heteroatoms. The number of pyridine rings is 1. The van der Waals surface area contributed by atoms with Crippen LogP contribution in [-0.4, -0.2) is 36.9 Å². The molecule has 1 aromatic heterocycles. The van der Waals surface area contributed by atoms with Gasteiger partial charge in [-0.1, -0.05) is 6.08 Å². The topological polar surface area (TPSA) is 45.6 Å². The van der Waals surface area contributed by atoms with E-state index in [1.54, 1.807) is 19.4 Å². The highest BCUT2D eigenvalue weighted by molar-refractivity contribution is 5.48. The van der Waals surface area contributed by atoms with Crippen LogP contribution in [0, 0.1) is 0 Å². The molecule has 1 N–H and O–H groups in total.